The van der Waals surface area contributed by atoms with Gasteiger partial charge < -0.3 is 19.3 Å². The van der Waals surface area contributed by atoms with Crippen LogP contribution < -0.4 is 4.90 Å². The van der Waals surface area contributed by atoms with E-state index in [0.29, 0.717) is 27.8 Å². The molecule has 0 atom stereocenters. The van der Waals surface area contributed by atoms with Crippen molar-refractivity contribution in [3.63, 3.8) is 0 Å². The maximum Gasteiger partial charge on any atom is 0.350 e. The number of hydrogen-bond donors (Lipinski definition) is 1. The average molecular weight is 677 g/mol. The van der Waals surface area contributed by atoms with Crippen molar-refractivity contribution in [1.29, 1.82) is 5.26 Å². The van der Waals surface area contributed by atoms with E-state index >= 15 is 0 Å². The highest BCUT2D eigenvalue weighted by Gasteiger charge is 2.28. The van der Waals surface area contributed by atoms with Crippen LogP contribution in [0.2, 0.25) is 0 Å². The lowest BCUT2D eigenvalue weighted by atomic mass is 9.99. The van der Waals surface area contributed by atoms with Crippen LogP contribution in [0.25, 0.3) is 10.9 Å². The third-order valence-electron chi connectivity index (χ3n) is 8.19. The van der Waals surface area contributed by atoms with Gasteiger partial charge in [0.25, 0.3) is 0 Å². The fraction of sp³-hybridized carbons (Fsp3) is 0.0952. The molecular weight excluding hydrogens is 643 g/mol. The van der Waals surface area contributed by atoms with Crippen LogP contribution in [-0.4, -0.2) is 33.7 Å². The molecule has 0 spiro atoms. The highest BCUT2D eigenvalue weighted by Crippen LogP contribution is 2.37. The number of carbonyl (C=O) groups is 2. The Balaban J connectivity index is 1.59. The van der Waals surface area contributed by atoms with Crippen molar-refractivity contribution in [1.82, 2.24) is 4.57 Å². The van der Waals surface area contributed by atoms with Crippen LogP contribution in [0.3, 0.4) is 0 Å². The minimum atomic E-state index is -0.780. The van der Waals surface area contributed by atoms with Gasteiger partial charge in [0.2, 0.25) is 11.7 Å². The lowest BCUT2D eigenvalue weighted by Crippen LogP contribution is -2.20. The first-order valence-electron chi connectivity index (χ1n) is 16.3. The number of nitrogens with zero attached hydrogens (tertiary/aromatic N) is 4. The molecule has 1 N–H and O–H groups in total. The normalized spacial score (nSPS) is 11.6. The molecule has 0 bridgehead atoms. The highest BCUT2D eigenvalue weighted by molar-refractivity contribution is 6.54. The molecule has 0 saturated carbocycles. The second-order valence-electron chi connectivity index (χ2n) is 11.6. The van der Waals surface area contributed by atoms with E-state index in [1.165, 1.54) is 18.3 Å². The number of aliphatic imine (C=N–C) groups is 1. The molecule has 0 aliphatic carbocycles. The van der Waals surface area contributed by atoms with Crippen LogP contribution in [0.1, 0.15) is 34.0 Å². The number of fused-ring (bicyclic) bond motifs is 1. The van der Waals surface area contributed by atoms with Crippen LogP contribution >= 0.6 is 0 Å². The molecule has 0 aliphatic rings. The number of rotatable bonds is 12. The quantitative estimate of drug-likeness (QED) is 0.0458. The molecular formula is C42H33FN4O4. The van der Waals surface area contributed by atoms with Crippen molar-refractivity contribution in [3.8, 4) is 11.9 Å². The van der Waals surface area contributed by atoms with Gasteiger partial charge in [0.1, 0.15) is 17.6 Å². The minimum Gasteiger partial charge on any atom is -0.494 e. The van der Waals surface area contributed by atoms with Crippen molar-refractivity contribution in [2.24, 2.45) is 4.99 Å². The monoisotopic (exact) mass is 676 g/mol. The topological polar surface area (TPSA) is 108 Å². The summed E-state index contributed by atoms with van der Waals surface area (Å²) >= 11 is 0. The van der Waals surface area contributed by atoms with Gasteiger partial charge in [0, 0.05) is 23.7 Å². The van der Waals surface area contributed by atoms with E-state index in [1.807, 2.05) is 66.7 Å². The summed E-state index contributed by atoms with van der Waals surface area (Å²) in [5.74, 6) is -2.08. The largest absolute Gasteiger partial charge is 0.494 e. The Bertz CT molecular complexity index is 2290. The lowest BCUT2D eigenvalue weighted by Gasteiger charge is -2.23. The zero-order valence-electron chi connectivity index (χ0n) is 27.7. The Morgan fingerprint density at radius 2 is 1.51 bits per heavy atom. The second kappa shape index (κ2) is 15.6. The number of ketones is 1. The molecule has 0 aliphatic heterocycles. The minimum absolute atomic E-state index is 0.0680. The number of carbonyl (C=O) groups excluding carboxylic acids is 2. The van der Waals surface area contributed by atoms with E-state index in [9.17, 15) is 24.3 Å². The number of aromatic hydroxyl groups is 1. The van der Waals surface area contributed by atoms with Crippen LogP contribution in [0.5, 0.6) is 5.88 Å². The van der Waals surface area contributed by atoms with E-state index < -0.39 is 17.6 Å². The second-order valence-corrected chi connectivity index (χ2v) is 11.6. The summed E-state index contributed by atoms with van der Waals surface area (Å²) in [5, 5.41) is 22.2. The maximum atomic E-state index is 15.0. The van der Waals surface area contributed by atoms with Crippen molar-refractivity contribution in [2.75, 3.05) is 11.5 Å². The predicted octanol–water partition coefficient (Wildman–Crippen LogP) is 8.52. The van der Waals surface area contributed by atoms with Gasteiger partial charge in [-0.2, -0.15) is 5.26 Å². The number of Topliss-reactive ketones (excluding diaryl/α,β-unsaturated/α-hetero) is 1. The molecule has 0 radical (unpaired) electrons. The number of para-hydroxylation sites is 2. The number of anilines is 1. The van der Waals surface area contributed by atoms with Crippen LogP contribution in [0, 0.1) is 17.1 Å². The number of hydrogen-bond acceptors (Lipinski definition) is 7. The van der Waals surface area contributed by atoms with Crippen molar-refractivity contribution < 1.29 is 23.8 Å². The van der Waals surface area contributed by atoms with Crippen molar-refractivity contribution in [3.05, 3.63) is 173 Å². The predicted molar refractivity (Wildman–Crippen MR) is 195 cm³/mol. The number of nitriles is 1. The number of aromatic nitrogens is 1. The van der Waals surface area contributed by atoms with E-state index in [1.54, 1.807) is 77.1 Å². The van der Waals surface area contributed by atoms with Crippen molar-refractivity contribution in [2.45, 2.75) is 20.0 Å². The molecule has 6 aromatic rings. The van der Waals surface area contributed by atoms with Gasteiger partial charge in [0.05, 0.1) is 35.6 Å². The molecule has 51 heavy (non-hydrogen) atoms. The molecule has 9 heteroatoms. The maximum absolute atomic E-state index is 15.0. The van der Waals surface area contributed by atoms with E-state index in [2.05, 4.69) is 0 Å². The first-order chi connectivity index (χ1) is 24.9. The van der Waals surface area contributed by atoms with Gasteiger partial charge >= 0.3 is 5.97 Å². The molecule has 1 aromatic heterocycles. The summed E-state index contributed by atoms with van der Waals surface area (Å²) < 4.78 is 21.7. The SMILES string of the molecule is CCOC(=O)/C(C#N)=C/N(Cc1ccccc1)c1ccccc1N=C(C(=O)c1ccccc1)c1c(O)n(Cc2ccccc2)c2ccc(F)cc12. The van der Waals surface area contributed by atoms with Crippen LogP contribution in [0.15, 0.2) is 150 Å². The average Bonchev–Trinajstić information content (AvgIpc) is 3.42. The van der Waals surface area contributed by atoms with Gasteiger partial charge in [-0.1, -0.05) is 103 Å². The standard InChI is InChI=1S/C42H33FN4O4/c1-2-51-42(50)32(25-44)28-46(26-29-14-6-3-7-15-29)37-21-13-12-20-35(37)45-39(40(48)31-18-10-5-11-19-31)38-34-24-33(43)22-23-36(34)47(41(38)49)27-30-16-8-4-9-17-30/h3-24,28,49H,2,26-27H2,1H3/b32-28+,45-39?. The van der Waals surface area contributed by atoms with Gasteiger partial charge in [-0.15, -0.1) is 0 Å². The summed E-state index contributed by atoms with van der Waals surface area (Å²) in [6, 6.07) is 40.5. The summed E-state index contributed by atoms with van der Waals surface area (Å²) in [4.78, 5) is 33.8. The molecule has 1 heterocycles. The Kier molecular flexibility index (Phi) is 10.4. The van der Waals surface area contributed by atoms with Gasteiger partial charge in [-0.05, 0) is 48.4 Å². The number of benzene rings is 5. The molecule has 0 fully saturated rings. The summed E-state index contributed by atoms with van der Waals surface area (Å²) in [6.07, 6.45) is 1.40. The number of esters is 1. The Hall–Kier alpha value is -6.79. The lowest BCUT2D eigenvalue weighted by molar-refractivity contribution is -0.138. The molecule has 0 saturated heterocycles. The molecule has 252 valence electrons. The van der Waals surface area contributed by atoms with E-state index in [0.717, 1.165) is 11.1 Å². The fourth-order valence-electron chi connectivity index (χ4n) is 5.81. The zero-order valence-corrected chi connectivity index (χ0v) is 27.7. The zero-order chi connectivity index (χ0) is 35.7. The molecule has 6 rings (SSSR count). The first-order valence-corrected chi connectivity index (χ1v) is 16.3. The summed E-state index contributed by atoms with van der Waals surface area (Å²) in [6.45, 7) is 2.22. The van der Waals surface area contributed by atoms with Crippen LogP contribution in [-0.2, 0) is 22.6 Å². The molecule has 0 amide bonds. The number of halogens is 1. The van der Waals surface area contributed by atoms with E-state index in [4.69, 9.17) is 9.73 Å². The Morgan fingerprint density at radius 1 is 0.882 bits per heavy atom. The Labute approximate surface area is 294 Å². The number of ether oxygens (including phenoxy) is 1. The van der Waals surface area contributed by atoms with E-state index in [-0.39, 0.29) is 42.4 Å². The highest BCUT2D eigenvalue weighted by atomic mass is 19.1. The third kappa shape index (κ3) is 7.61. The molecule has 8 nitrogen and oxygen atoms in total. The first kappa shape index (κ1) is 34.1. The molecule has 0 unspecified atom stereocenters. The van der Waals surface area contributed by atoms with Gasteiger partial charge in [-0.25, -0.2) is 14.2 Å². The molecule has 5 aromatic carbocycles. The van der Waals surface area contributed by atoms with Gasteiger partial charge in [-0.3, -0.25) is 4.79 Å². The van der Waals surface area contributed by atoms with Crippen LogP contribution in [0.4, 0.5) is 15.8 Å². The van der Waals surface area contributed by atoms with Gasteiger partial charge in [0.15, 0.2) is 5.57 Å². The Morgan fingerprint density at radius 3 is 2.18 bits per heavy atom. The smallest absolute Gasteiger partial charge is 0.350 e. The third-order valence-corrected chi connectivity index (χ3v) is 8.19. The van der Waals surface area contributed by atoms with Crippen molar-refractivity contribution >= 4 is 39.7 Å². The summed E-state index contributed by atoms with van der Waals surface area (Å²) in [7, 11) is 0. The fourth-order valence-corrected chi connectivity index (χ4v) is 5.81. The summed E-state index contributed by atoms with van der Waals surface area (Å²) in [5.41, 5.74) is 3.04.